The van der Waals surface area contributed by atoms with E-state index in [1.807, 2.05) is 30.3 Å². The molecule has 0 aliphatic rings. The van der Waals surface area contributed by atoms with Crippen LogP contribution in [0.25, 0.3) is 21.7 Å². The predicted octanol–water partition coefficient (Wildman–Crippen LogP) is 4.86. The Morgan fingerprint density at radius 3 is 2.66 bits per heavy atom. The van der Waals surface area contributed by atoms with Gasteiger partial charge in [-0.05, 0) is 22.9 Å². The van der Waals surface area contributed by atoms with Gasteiger partial charge in [0, 0.05) is 29.1 Å². The normalized spacial score (nSPS) is 10.9. The molecule has 0 saturated heterocycles. The Hall–Kier alpha value is -3.71. The van der Waals surface area contributed by atoms with E-state index < -0.39 is 16.5 Å². The number of ether oxygens (including phenoxy) is 1. The summed E-state index contributed by atoms with van der Waals surface area (Å²) in [6.07, 6.45) is 0. The number of fused-ring (bicyclic) bond motifs is 3. The maximum atomic E-state index is 12.4. The topological polar surface area (TPSA) is 99.7 Å². The van der Waals surface area contributed by atoms with Gasteiger partial charge in [-0.2, -0.15) is 0 Å². The summed E-state index contributed by atoms with van der Waals surface area (Å²) in [6.45, 7) is -0.192. The molecule has 0 fully saturated rings. The molecule has 0 N–H and O–H groups in total. The first-order valence-electron chi connectivity index (χ1n) is 8.49. The molecule has 0 amide bonds. The molecule has 0 spiro atoms. The lowest BCUT2D eigenvalue weighted by molar-refractivity contribution is -0.384. The molecular weight excluding hydrogens is 398 g/mol. The van der Waals surface area contributed by atoms with E-state index in [0.29, 0.717) is 16.5 Å². The van der Waals surface area contributed by atoms with Crippen LogP contribution in [-0.4, -0.2) is 10.9 Å². The number of non-ortho nitro benzene ring substituents is 1. The van der Waals surface area contributed by atoms with Crippen LogP contribution >= 0.6 is 11.6 Å². The fraction of sp³-hybridized carbons (Fsp3) is 0.0476. The van der Waals surface area contributed by atoms with Gasteiger partial charge in [0.05, 0.1) is 15.5 Å². The second-order valence-corrected chi connectivity index (χ2v) is 6.66. The zero-order valence-corrected chi connectivity index (χ0v) is 15.5. The first-order chi connectivity index (χ1) is 13.9. The lowest BCUT2D eigenvalue weighted by Crippen LogP contribution is -2.09. The maximum absolute atomic E-state index is 12.4. The summed E-state index contributed by atoms with van der Waals surface area (Å²) >= 11 is 5.98. The molecule has 4 rings (SSSR count). The molecule has 8 heteroatoms. The smallest absolute Gasteiger partial charge is 0.339 e. The molecule has 0 aliphatic heterocycles. The standard InChI is InChI=1S/C21H12ClNO6/c22-17-10-14(23(26)27)6-7-16(17)21(25)28-11-13-9-19(24)29-18-8-5-12-3-1-2-4-15(12)20(13)18/h1-10H,11H2. The van der Waals surface area contributed by atoms with Crippen LogP contribution < -0.4 is 5.63 Å². The average molecular weight is 410 g/mol. The summed E-state index contributed by atoms with van der Waals surface area (Å²) in [4.78, 5) is 34.5. The van der Waals surface area contributed by atoms with Crippen molar-refractivity contribution in [2.75, 3.05) is 0 Å². The number of nitro groups is 1. The third-order valence-electron chi connectivity index (χ3n) is 4.46. The van der Waals surface area contributed by atoms with Gasteiger partial charge in [0.25, 0.3) is 5.69 Å². The fourth-order valence-electron chi connectivity index (χ4n) is 3.14. The summed E-state index contributed by atoms with van der Waals surface area (Å²) in [5.41, 5.74) is 0.0707. The van der Waals surface area contributed by atoms with E-state index in [-0.39, 0.29) is 22.9 Å². The molecule has 29 heavy (non-hydrogen) atoms. The van der Waals surface area contributed by atoms with Crippen molar-refractivity contribution < 1.29 is 18.9 Å². The second kappa shape index (κ2) is 7.37. The highest BCUT2D eigenvalue weighted by Crippen LogP contribution is 2.28. The molecule has 0 saturated carbocycles. The fourth-order valence-corrected chi connectivity index (χ4v) is 3.39. The zero-order chi connectivity index (χ0) is 20.5. The van der Waals surface area contributed by atoms with Crippen LogP contribution in [0.4, 0.5) is 5.69 Å². The van der Waals surface area contributed by atoms with E-state index >= 15 is 0 Å². The van der Waals surface area contributed by atoms with Crippen molar-refractivity contribution in [2.45, 2.75) is 6.61 Å². The Balaban J connectivity index is 1.70. The monoisotopic (exact) mass is 409 g/mol. The van der Waals surface area contributed by atoms with Crippen molar-refractivity contribution in [3.05, 3.63) is 97.3 Å². The average Bonchev–Trinajstić information content (AvgIpc) is 2.71. The molecule has 0 atom stereocenters. The number of nitro benzene ring substituents is 1. The van der Waals surface area contributed by atoms with Gasteiger partial charge in [0.1, 0.15) is 12.2 Å². The molecule has 0 aliphatic carbocycles. The SMILES string of the molecule is O=C(OCc1cc(=O)oc2ccc3ccccc3c12)c1ccc([N+](=O)[O-])cc1Cl. The third-order valence-corrected chi connectivity index (χ3v) is 4.77. The van der Waals surface area contributed by atoms with Crippen LogP contribution in [-0.2, 0) is 11.3 Å². The number of nitrogens with zero attached hydrogens (tertiary/aromatic N) is 1. The van der Waals surface area contributed by atoms with Crippen molar-refractivity contribution in [1.29, 1.82) is 0 Å². The number of hydrogen-bond acceptors (Lipinski definition) is 6. The Bertz CT molecular complexity index is 1340. The van der Waals surface area contributed by atoms with Gasteiger partial charge < -0.3 is 9.15 Å². The minimum atomic E-state index is -0.758. The van der Waals surface area contributed by atoms with E-state index in [4.69, 9.17) is 20.8 Å². The molecule has 0 bridgehead atoms. The van der Waals surface area contributed by atoms with Crippen molar-refractivity contribution >= 4 is 45.0 Å². The van der Waals surface area contributed by atoms with Gasteiger partial charge in [-0.1, -0.05) is 41.9 Å². The highest BCUT2D eigenvalue weighted by Gasteiger charge is 2.17. The third kappa shape index (κ3) is 3.55. The minimum Gasteiger partial charge on any atom is -0.457 e. The summed E-state index contributed by atoms with van der Waals surface area (Å²) in [7, 11) is 0. The van der Waals surface area contributed by atoms with Crippen molar-refractivity contribution in [3.63, 3.8) is 0 Å². The maximum Gasteiger partial charge on any atom is 0.339 e. The summed E-state index contributed by atoms with van der Waals surface area (Å²) in [5.74, 6) is -0.758. The number of carbonyl (C=O) groups excluding carboxylic acids is 1. The van der Waals surface area contributed by atoms with Crippen LogP contribution in [0.5, 0.6) is 0 Å². The molecule has 7 nitrogen and oxygen atoms in total. The number of carbonyl (C=O) groups is 1. The molecule has 3 aromatic carbocycles. The Labute approximate surface area is 168 Å². The van der Waals surface area contributed by atoms with Crippen molar-refractivity contribution in [2.24, 2.45) is 0 Å². The van der Waals surface area contributed by atoms with E-state index in [1.165, 1.54) is 18.2 Å². The van der Waals surface area contributed by atoms with Crippen molar-refractivity contribution in [1.82, 2.24) is 0 Å². The van der Waals surface area contributed by atoms with Crippen LogP contribution in [0.15, 0.2) is 69.9 Å². The van der Waals surface area contributed by atoms with Crippen LogP contribution in [0.1, 0.15) is 15.9 Å². The molecule has 0 unspecified atom stereocenters. The van der Waals surface area contributed by atoms with Crippen LogP contribution in [0.3, 0.4) is 0 Å². The van der Waals surface area contributed by atoms with Crippen molar-refractivity contribution in [3.8, 4) is 0 Å². The Morgan fingerprint density at radius 1 is 1.10 bits per heavy atom. The quantitative estimate of drug-likeness (QED) is 0.157. The molecular formula is C21H12ClNO6. The molecule has 1 heterocycles. The van der Waals surface area contributed by atoms with Gasteiger partial charge in [0.2, 0.25) is 0 Å². The lowest BCUT2D eigenvalue weighted by Gasteiger charge is -2.10. The van der Waals surface area contributed by atoms with E-state index in [0.717, 1.165) is 16.8 Å². The van der Waals surface area contributed by atoms with Gasteiger partial charge in [0.15, 0.2) is 0 Å². The minimum absolute atomic E-state index is 0.00519. The lowest BCUT2D eigenvalue weighted by atomic mass is 10.0. The molecule has 144 valence electrons. The summed E-state index contributed by atoms with van der Waals surface area (Å²) in [5, 5.41) is 13.2. The number of hydrogen-bond donors (Lipinski definition) is 0. The Kier molecular flexibility index (Phi) is 4.74. The van der Waals surface area contributed by atoms with Gasteiger partial charge in [-0.3, -0.25) is 10.1 Å². The van der Waals surface area contributed by atoms with Crippen LogP contribution in [0.2, 0.25) is 5.02 Å². The first-order valence-corrected chi connectivity index (χ1v) is 8.87. The molecule has 0 radical (unpaired) electrons. The molecule has 4 aromatic rings. The highest BCUT2D eigenvalue weighted by atomic mass is 35.5. The second-order valence-electron chi connectivity index (χ2n) is 6.25. The number of rotatable bonds is 4. The summed E-state index contributed by atoms with van der Waals surface area (Å²) in [6, 6.07) is 15.9. The van der Waals surface area contributed by atoms with Gasteiger partial charge in [-0.15, -0.1) is 0 Å². The number of esters is 1. The predicted molar refractivity (Wildman–Crippen MR) is 107 cm³/mol. The Morgan fingerprint density at radius 2 is 1.90 bits per heavy atom. The van der Waals surface area contributed by atoms with Crippen LogP contribution in [0, 0.1) is 10.1 Å². The first kappa shape index (κ1) is 18.6. The van der Waals surface area contributed by atoms with E-state index in [1.54, 1.807) is 6.07 Å². The number of benzene rings is 3. The van der Waals surface area contributed by atoms with E-state index in [2.05, 4.69) is 0 Å². The largest absolute Gasteiger partial charge is 0.457 e. The van der Waals surface area contributed by atoms with E-state index in [9.17, 15) is 19.7 Å². The summed E-state index contributed by atoms with van der Waals surface area (Å²) < 4.78 is 10.6. The van der Waals surface area contributed by atoms with Gasteiger partial charge in [-0.25, -0.2) is 9.59 Å². The zero-order valence-electron chi connectivity index (χ0n) is 14.8. The highest BCUT2D eigenvalue weighted by molar-refractivity contribution is 6.33. The number of halogens is 1. The van der Waals surface area contributed by atoms with Gasteiger partial charge >= 0.3 is 11.6 Å². The molecule has 1 aromatic heterocycles.